The molecule has 0 bridgehead atoms. The topological polar surface area (TPSA) is 81.9 Å². The number of aromatic amines is 1. The van der Waals surface area contributed by atoms with Gasteiger partial charge in [-0.2, -0.15) is 10.4 Å². The van der Waals surface area contributed by atoms with Gasteiger partial charge in [0.1, 0.15) is 23.8 Å². The summed E-state index contributed by atoms with van der Waals surface area (Å²) in [5.74, 6) is 0.729. The zero-order valence-electron chi connectivity index (χ0n) is 18.5. The Morgan fingerprint density at radius 2 is 1.85 bits per heavy atom. The number of nitrogens with one attached hydrogen (secondary N) is 1. The van der Waals surface area contributed by atoms with Gasteiger partial charge < -0.3 is 9.84 Å². The molecule has 2 unspecified atom stereocenters. The lowest BCUT2D eigenvalue weighted by molar-refractivity contribution is 0.306. The molecule has 166 valence electrons. The maximum absolute atomic E-state index is 10.7. The van der Waals surface area contributed by atoms with Gasteiger partial charge in [0.2, 0.25) is 0 Å². The van der Waals surface area contributed by atoms with E-state index in [0.29, 0.717) is 29.2 Å². The molecular weight excluding hydrogens is 448 g/mol. The van der Waals surface area contributed by atoms with Crippen molar-refractivity contribution in [1.29, 1.82) is 5.26 Å². The number of hydrogen-bond acceptors (Lipinski definition) is 4. The first-order valence-electron chi connectivity index (χ1n) is 10.4. The molecule has 0 saturated carbocycles. The first-order chi connectivity index (χ1) is 15.8. The van der Waals surface area contributed by atoms with Crippen LogP contribution in [0.5, 0.6) is 11.5 Å². The predicted molar refractivity (Wildman–Crippen MR) is 138 cm³/mol. The molecule has 0 aliphatic carbocycles. The van der Waals surface area contributed by atoms with Gasteiger partial charge in [0.05, 0.1) is 17.3 Å². The molecule has 0 aliphatic heterocycles. The van der Waals surface area contributed by atoms with Crippen LogP contribution in [0.25, 0.3) is 22.4 Å². The van der Waals surface area contributed by atoms with Gasteiger partial charge in [0.15, 0.2) is 0 Å². The van der Waals surface area contributed by atoms with Gasteiger partial charge in [0.25, 0.3) is 0 Å². The minimum Gasteiger partial charge on any atom is -0.507 e. The SMILES string of the molecule is Cc1ccc(COc2ccc(O)c(-c3n[nH]c(C(C)(P)P)c3-c3cccc(C#N)c3)c2)cc1. The molecule has 0 fully saturated rings. The molecule has 3 aromatic carbocycles. The van der Waals surface area contributed by atoms with E-state index in [-0.39, 0.29) is 5.75 Å². The molecule has 5 nitrogen and oxygen atoms in total. The van der Waals surface area contributed by atoms with Crippen molar-refractivity contribution in [3.05, 3.63) is 89.1 Å². The van der Waals surface area contributed by atoms with Crippen molar-refractivity contribution in [3.63, 3.8) is 0 Å². The number of benzene rings is 3. The van der Waals surface area contributed by atoms with Gasteiger partial charge in [-0.1, -0.05) is 42.0 Å². The van der Waals surface area contributed by atoms with Crippen LogP contribution in [0.1, 0.15) is 29.3 Å². The number of ether oxygens (including phenoxy) is 1. The maximum Gasteiger partial charge on any atom is 0.125 e. The summed E-state index contributed by atoms with van der Waals surface area (Å²) in [7, 11) is 5.57. The number of hydrogen-bond donors (Lipinski definition) is 2. The molecule has 1 aromatic heterocycles. The summed E-state index contributed by atoms with van der Waals surface area (Å²) in [6.07, 6.45) is 0. The summed E-state index contributed by atoms with van der Waals surface area (Å²) in [5, 5.41) is 27.8. The standard InChI is InChI=1S/C26H25N3O2P2/c1-16-6-8-17(9-7-16)15-31-20-10-11-22(30)21(13-20)24-23(25(29-28-24)26(2,32)33)19-5-3-4-18(12-19)14-27/h3-13,30H,15,32-33H2,1-2H3,(H,28,29). The minimum absolute atomic E-state index is 0.0997. The third-order valence-corrected chi connectivity index (χ3v) is 5.91. The van der Waals surface area contributed by atoms with E-state index in [1.165, 1.54) is 5.56 Å². The van der Waals surface area contributed by atoms with E-state index in [9.17, 15) is 10.4 Å². The fourth-order valence-corrected chi connectivity index (χ4v) is 4.02. The lowest BCUT2D eigenvalue weighted by Crippen LogP contribution is -2.04. The Balaban J connectivity index is 1.77. The van der Waals surface area contributed by atoms with Gasteiger partial charge in [-0.25, -0.2) is 0 Å². The lowest BCUT2D eigenvalue weighted by Gasteiger charge is -2.19. The number of nitrogens with zero attached hydrogens (tertiary/aromatic N) is 2. The monoisotopic (exact) mass is 473 g/mol. The Kier molecular flexibility index (Phi) is 6.52. The Morgan fingerprint density at radius 1 is 1.09 bits per heavy atom. The Bertz CT molecular complexity index is 1330. The van der Waals surface area contributed by atoms with Crippen molar-refractivity contribution in [1.82, 2.24) is 10.2 Å². The zero-order chi connectivity index (χ0) is 23.6. The zero-order valence-corrected chi connectivity index (χ0v) is 20.8. The van der Waals surface area contributed by atoms with Crippen molar-refractivity contribution < 1.29 is 9.84 Å². The number of aromatic hydroxyl groups is 1. The molecule has 2 N–H and O–H groups in total. The molecule has 0 amide bonds. The summed E-state index contributed by atoms with van der Waals surface area (Å²) in [5.41, 5.74) is 6.48. The highest BCUT2D eigenvalue weighted by Crippen LogP contribution is 2.47. The summed E-state index contributed by atoms with van der Waals surface area (Å²) in [4.78, 5) is -0.390. The summed E-state index contributed by atoms with van der Waals surface area (Å²) >= 11 is 0. The Labute approximate surface area is 198 Å². The van der Waals surface area contributed by atoms with Gasteiger partial charge in [0, 0.05) is 16.0 Å². The van der Waals surface area contributed by atoms with Crippen molar-refractivity contribution in [2.75, 3.05) is 0 Å². The van der Waals surface area contributed by atoms with E-state index in [4.69, 9.17) is 4.74 Å². The molecule has 7 heteroatoms. The first-order valence-corrected chi connectivity index (χ1v) is 11.6. The first kappa shape index (κ1) is 23.0. The van der Waals surface area contributed by atoms with Gasteiger partial charge >= 0.3 is 0 Å². The van der Waals surface area contributed by atoms with Crippen LogP contribution in [0.2, 0.25) is 0 Å². The molecule has 0 radical (unpaired) electrons. The summed E-state index contributed by atoms with van der Waals surface area (Å²) in [6.45, 7) is 4.49. The Hall–Kier alpha value is -3.18. The van der Waals surface area contributed by atoms with E-state index < -0.39 is 4.90 Å². The second kappa shape index (κ2) is 9.36. The quantitative estimate of drug-likeness (QED) is 0.330. The fourth-order valence-electron chi connectivity index (χ4n) is 3.60. The number of aryl methyl sites for hydroxylation is 1. The number of rotatable bonds is 6. The van der Waals surface area contributed by atoms with Crippen LogP contribution < -0.4 is 4.74 Å². The molecule has 4 aromatic rings. The minimum atomic E-state index is -0.390. The molecule has 33 heavy (non-hydrogen) atoms. The van der Waals surface area contributed by atoms with Crippen LogP contribution in [-0.4, -0.2) is 15.3 Å². The second-order valence-electron chi connectivity index (χ2n) is 8.25. The second-order valence-corrected chi connectivity index (χ2v) is 11.3. The van der Waals surface area contributed by atoms with E-state index in [2.05, 4.69) is 46.9 Å². The smallest absolute Gasteiger partial charge is 0.125 e. The van der Waals surface area contributed by atoms with E-state index in [0.717, 1.165) is 22.4 Å². The third-order valence-electron chi connectivity index (χ3n) is 5.33. The summed E-state index contributed by atoms with van der Waals surface area (Å²) in [6, 6.07) is 22.9. The molecule has 2 atom stereocenters. The van der Waals surface area contributed by atoms with E-state index in [1.54, 1.807) is 24.3 Å². The molecule has 1 heterocycles. The molecule has 0 aliphatic rings. The molecule has 0 spiro atoms. The number of phenols is 1. The number of nitriles is 1. The molecule has 0 saturated heterocycles. The predicted octanol–water partition coefficient (Wildman–Crippen LogP) is 6.13. The average molecular weight is 473 g/mol. The Morgan fingerprint density at radius 3 is 2.55 bits per heavy atom. The van der Waals surface area contributed by atoms with Crippen LogP contribution in [-0.2, 0) is 11.5 Å². The highest BCUT2D eigenvalue weighted by Gasteiger charge is 2.27. The van der Waals surface area contributed by atoms with Crippen LogP contribution in [0, 0.1) is 18.3 Å². The fraction of sp³-hybridized carbons (Fsp3) is 0.154. The normalized spacial score (nSPS) is 11.2. The van der Waals surface area contributed by atoms with Crippen LogP contribution in [0.3, 0.4) is 0 Å². The van der Waals surface area contributed by atoms with E-state index >= 15 is 0 Å². The number of H-pyrrole nitrogens is 1. The third kappa shape index (κ3) is 5.09. The van der Waals surface area contributed by atoms with Gasteiger partial charge in [-0.15, -0.1) is 18.5 Å². The number of aromatic nitrogens is 2. The van der Waals surface area contributed by atoms with Gasteiger partial charge in [-0.05, 0) is 55.3 Å². The average Bonchev–Trinajstić information content (AvgIpc) is 3.25. The lowest BCUT2D eigenvalue weighted by atomic mass is 9.96. The molecule has 4 rings (SSSR count). The van der Waals surface area contributed by atoms with Gasteiger partial charge in [-0.3, -0.25) is 5.10 Å². The van der Waals surface area contributed by atoms with Crippen molar-refractivity contribution >= 4 is 18.5 Å². The van der Waals surface area contributed by atoms with Crippen LogP contribution in [0.15, 0.2) is 66.7 Å². The maximum atomic E-state index is 10.7. The van der Waals surface area contributed by atoms with Crippen molar-refractivity contribution in [2.24, 2.45) is 0 Å². The highest BCUT2D eigenvalue weighted by molar-refractivity contribution is 7.38. The van der Waals surface area contributed by atoms with E-state index in [1.807, 2.05) is 44.2 Å². The number of phenolic OH excluding ortho intramolecular Hbond substituents is 1. The van der Waals surface area contributed by atoms with Crippen molar-refractivity contribution in [3.8, 4) is 40.0 Å². The largest absolute Gasteiger partial charge is 0.507 e. The molecular formula is C26H25N3O2P2. The van der Waals surface area contributed by atoms with Crippen molar-refractivity contribution in [2.45, 2.75) is 25.4 Å². The van der Waals surface area contributed by atoms with Crippen LogP contribution >= 0.6 is 18.5 Å². The van der Waals surface area contributed by atoms with Crippen LogP contribution in [0.4, 0.5) is 0 Å². The summed E-state index contributed by atoms with van der Waals surface area (Å²) < 4.78 is 6.00. The highest BCUT2D eigenvalue weighted by atomic mass is 31.1.